The Hall–Kier alpha value is -0.660. The molecule has 0 unspecified atom stereocenters. The van der Waals surface area contributed by atoms with Crippen LogP contribution in [0, 0.1) is 0 Å². The van der Waals surface area contributed by atoms with Crippen LogP contribution in [0.1, 0.15) is 0 Å². The molecule has 0 aromatic rings. The summed E-state index contributed by atoms with van der Waals surface area (Å²) in [7, 11) is 0. The third-order valence-electron chi connectivity index (χ3n) is 2.63. The Morgan fingerprint density at radius 2 is 0.500 bits per heavy atom. The summed E-state index contributed by atoms with van der Waals surface area (Å²) in [5.41, 5.74) is 0. The van der Waals surface area contributed by atoms with Crippen LogP contribution in [-0.2, 0) is 0 Å². The van der Waals surface area contributed by atoms with Crippen LogP contribution >= 0.6 is 0 Å². The summed E-state index contributed by atoms with van der Waals surface area (Å²) in [5.74, 6) is -36.5. The second kappa shape index (κ2) is 3.08. The first-order valence-electron chi connectivity index (χ1n) is 3.98. The number of halogens is 6. The molecule has 0 aliphatic heterocycles. The summed E-state index contributed by atoms with van der Waals surface area (Å²) < 4.78 is 77.5. The summed E-state index contributed by atoms with van der Waals surface area (Å²) in [6, 6.07) is 0. The van der Waals surface area contributed by atoms with E-state index in [1.807, 2.05) is 0 Å². The molecule has 0 amide bonds. The maximum Gasteiger partial charge on any atom is 0.365 e. The Bertz CT molecular complexity index is 260. The van der Waals surface area contributed by atoms with Crippen LogP contribution < -0.4 is 0 Å². The first-order chi connectivity index (χ1) is 7.50. The zero-order chi connectivity index (χ0) is 15.0. The lowest BCUT2D eigenvalue weighted by molar-refractivity contribution is -0.577. The number of aliphatic hydroxyl groups is 6. The van der Waals surface area contributed by atoms with Gasteiger partial charge in [0, 0.05) is 0 Å². The highest BCUT2D eigenvalue weighted by Crippen LogP contribution is 2.61. The van der Waals surface area contributed by atoms with Crippen molar-refractivity contribution in [3.05, 3.63) is 0 Å². The molecule has 0 atom stereocenters. The van der Waals surface area contributed by atoms with Crippen LogP contribution in [0.3, 0.4) is 0 Å². The Morgan fingerprint density at radius 1 is 0.389 bits per heavy atom. The van der Waals surface area contributed by atoms with Crippen molar-refractivity contribution < 1.29 is 57.0 Å². The van der Waals surface area contributed by atoms with Gasteiger partial charge >= 0.3 is 35.1 Å². The normalized spacial score (nSPS) is 34.0. The molecule has 0 radical (unpaired) electrons. The molecule has 0 aromatic heterocycles. The monoisotopic (exact) mass is 288 g/mol. The van der Waals surface area contributed by atoms with Gasteiger partial charge in [0.2, 0.25) is 0 Å². The first-order valence-corrected chi connectivity index (χ1v) is 3.98. The van der Waals surface area contributed by atoms with Crippen molar-refractivity contribution in [1.29, 1.82) is 0 Å². The van der Waals surface area contributed by atoms with Gasteiger partial charge in [0.1, 0.15) is 0 Å². The topological polar surface area (TPSA) is 121 Å². The van der Waals surface area contributed by atoms with Crippen LogP contribution in [0.25, 0.3) is 0 Å². The quantitative estimate of drug-likeness (QED) is 0.225. The van der Waals surface area contributed by atoms with Crippen molar-refractivity contribution in [2.45, 2.75) is 35.1 Å². The highest BCUT2D eigenvalue weighted by molar-refractivity contribution is 5.21. The molecule has 1 rings (SSSR count). The number of hydrogen-bond acceptors (Lipinski definition) is 6. The molecule has 0 spiro atoms. The summed E-state index contributed by atoms with van der Waals surface area (Å²) in [6.45, 7) is 0. The average Bonchev–Trinajstić information content (AvgIpc) is 2.14. The molecule has 12 heteroatoms. The van der Waals surface area contributed by atoms with Gasteiger partial charge < -0.3 is 30.6 Å². The Morgan fingerprint density at radius 3 is 0.611 bits per heavy atom. The smallest absolute Gasteiger partial charge is 0.356 e. The predicted molar refractivity (Wildman–Crippen MR) is 36.3 cm³/mol. The van der Waals surface area contributed by atoms with Crippen molar-refractivity contribution in [3.8, 4) is 0 Å². The highest BCUT2D eigenvalue weighted by atomic mass is 19.3. The summed E-state index contributed by atoms with van der Waals surface area (Å²) in [6.07, 6.45) is 0. The fourth-order valence-corrected chi connectivity index (χ4v) is 1.32. The molecule has 0 bridgehead atoms. The van der Waals surface area contributed by atoms with E-state index in [1.165, 1.54) is 0 Å². The van der Waals surface area contributed by atoms with Crippen molar-refractivity contribution in [2.24, 2.45) is 0 Å². The molecule has 6 nitrogen and oxygen atoms in total. The lowest BCUT2D eigenvalue weighted by Gasteiger charge is -2.55. The number of alkyl halides is 6. The lowest BCUT2D eigenvalue weighted by Crippen LogP contribution is -2.89. The van der Waals surface area contributed by atoms with Gasteiger partial charge in [-0.15, -0.1) is 0 Å². The van der Waals surface area contributed by atoms with Crippen LogP contribution in [0.2, 0.25) is 0 Å². The fraction of sp³-hybridized carbons (Fsp3) is 1.00. The van der Waals surface area contributed by atoms with Crippen molar-refractivity contribution in [3.63, 3.8) is 0 Å². The van der Waals surface area contributed by atoms with E-state index in [0.717, 1.165) is 0 Å². The molecule has 0 heterocycles. The van der Waals surface area contributed by atoms with Crippen molar-refractivity contribution in [1.82, 2.24) is 0 Å². The second-order valence-corrected chi connectivity index (χ2v) is 3.74. The molecule has 1 aliphatic carbocycles. The number of hydrogen-bond donors (Lipinski definition) is 6. The van der Waals surface area contributed by atoms with E-state index in [2.05, 4.69) is 0 Å². The largest absolute Gasteiger partial charge is 0.365 e. The molecule has 1 fully saturated rings. The Labute approximate surface area is 93.3 Å². The molecule has 6 N–H and O–H groups in total. The van der Waals surface area contributed by atoms with E-state index < -0.39 is 35.1 Å². The molecule has 108 valence electrons. The van der Waals surface area contributed by atoms with Gasteiger partial charge in [-0.3, -0.25) is 0 Å². The fourth-order valence-electron chi connectivity index (χ4n) is 1.32. The van der Waals surface area contributed by atoms with E-state index >= 15 is 0 Å². The van der Waals surface area contributed by atoms with Crippen molar-refractivity contribution in [2.75, 3.05) is 0 Å². The lowest BCUT2D eigenvalue weighted by atomic mass is 9.74. The van der Waals surface area contributed by atoms with Gasteiger partial charge in [0.25, 0.3) is 0 Å². The van der Waals surface area contributed by atoms with Crippen LogP contribution in [0.15, 0.2) is 0 Å². The molecule has 1 aliphatic rings. The van der Waals surface area contributed by atoms with Crippen LogP contribution in [0.5, 0.6) is 0 Å². The van der Waals surface area contributed by atoms with E-state index in [-0.39, 0.29) is 0 Å². The minimum absolute atomic E-state index is 5.85. The second-order valence-electron chi connectivity index (χ2n) is 3.74. The van der Waals surface area contributed by atoms with Gasteiger partial charge in [-0.05, 0) is 0 Å². The van der Waals surface area contributed by atoms with Gasteiger partial charge in [-0.2, -0.15) is 26.3 Å². The van der Waals surface area contributed by atoms with Crippen molar-refractivity contribution >= 4 is 0 Å². The third-order valence-corrected chi connectivity index (χ3v) is 2.63. The highest BCUT2D eigenvalue weighted by Gasteiger charge is 2.97. The van der Waals surface area contributed by atoms with E-state index in [1.54, 1.807) is 0 Å². The summed E-state index contributed by atoms with van der Waals surface area (Å²) in [5, 5.41) is 50.5. The molecule has 0 aromatic carbocycles. The predicted octanol–water partition coefficient (Wildman–Crippen LogP) is -2.05. The molecular formula is C6H6F6O6. The third kappa shape index (κ3) is 1.11. The maximum atomic E-state index is 12.9. The average molecular weight is 288 g/mol. The van der Waals surface area contributed by atoms with Gasteiger partial charge in [-0.25, -0.2) is 0 Å². The minimum Gasteiger partial charge on any atom is -0.356 e. The standard InChI is InChI=1S/C6H6F6O6/c7-1(8)4(13,14)2(9,10)6(17,18)3(11,12)5(1,15)16/h13-18H. The number of rotatable bonds is 0. The minimum atomic E-state index is -6.30. The zero-order valence-electron chi connectivity index (χ0n) is 7.95. The summed E-state index contributed by atoms with van der Waals surface area (Å²) in [4.78, 5) is 0. The zero-order valence-corrected chi connectivity index (χ0v) is 7.95. The van der Waals surface area contributed by atoms with E-state index in [0.29, 0.717) is 0 Å². The molecular weight excluding hydrogens is 282 g/mol. The Kier molecular flexibility index (Phi) is 2.63. The maximum absolute atomic E-state index is 12.9. The van der Waals surface area contributed by atoms with E-state index in [4.69, 9.17) is 30.6 Å². The van der Waals surface area contributed by atoms with Gasteiger partial charge in [0.05, 0.1) is 0 Å². The van der Waals surface area contributed by atoms with Crippen LogP contribution in [0.4, 0.5) is 26.3 Å². The van der Waals surface area contributed by atoms with Crippen LogP contribution in [-0.4, -0.2) is 65.8 Å². The molecule has 1 saturated carbocycles. The SMILES string of the molecule is OC1(O)C(F)(F)C(O)(O)C(F)(F)C(O)(O)C1(F)F. The molecule has 0 saturated heterocycles. The van der Waals surface area contributed by atoms with E-state index in [9.17, 15) is 26.3 Å². The van der Waals surface area contributed by atoms with Gasteiger partial charge in [0.15, 0.2) is 0 Å². The van der Waals surface area contributed by atoms with Gasteiger partial charge in [-0.1, -0.05) is 0 Å². The first kappa shape index (κ1) is 15.4. The Balaban J connectivity index is 3.72. The summed E-state index contributed by atoms with van der Waals surface area (Å²) >= 11 is 0. The molecule has 18 heavy (non-hydrogen) atoms.